The van der Waals surface area contributed by atoms with Gasteiger partial charge in [-0.25, -0.2) is 4.79 Å². The number of benzene rings is 1. The Hall–Kier alpha value is -1.39. The zero-order chi connectivity index (χ0) is 12.0. The molecule has 0 saturated heterocycles. The SMILES string of the molecule is C=C(C)C(=O)O[SiH](Cc1ccccc1)OC. The van der Waals surface area contributed by atoms with Crippen LogP contribution >= 0.6 is 0 Å². The summed E-state index contributed by atoms with van der Waals surface area (Å²) in [6, 6.07) is 10.5. The zero-order valence-corrected chi connectivity index (χ0v) is 10.8. The number of hydrogen-bond donors (Lipinski definition) is 0. The van der Waals surface area contributed by atoms with Gasteiger partial charge in [0, 0.05) is 18.7 Å². The Balaban J connectivity index is 2.56. The number of hydrogen-bond acceptors (Lipinski definition) is 3. The van der Waals surface area contributed by atoms with Gasteiger partial charge in [-0.1, -0.05) is 36.9 Å². The first-order chi connectivity index (χ1) is 7.63. The predicted molar refractivity (Wildman–Crippen MR) is 65.2 cm³/mol. The van der Waals surface area contributed by atoms with Crippen LogP contribution in [0.3, 0.4) is 0 Å². The first-order valence-corrected chi connectivity index (χ1v) is 6.82. The molecule has 0 spiro atoms. The van der Waals surface area contributed by atoms with E-state index >= 15 is 0 Å². The van der Waals surface area contributed by atoms with Gasteiger partial charge in [0.05, 0.1) is 0 Å². The van der Waals surface area contributed by atoms with Crippen LogP contribution in [0, 0.1) is 0 Å². The highest BCUT2D eigenvalue weighted by Gasteiger charge is 2.18. The molecule has 0 radical (unpaired) electrons. The summed E-state index contributed by atoms with van der Waals surface area (Å²) in [5.41, 5.74) is 1.53. The maximum absolute atomic E-state index is 11.3. The third-order valence-electron chi connectivity index (χ3n) is 2.10. The van der Waals surface area contributed by atoms with Crippen LogP contribution in [0.2, 0.25) is 0 Å². The molecule has 1 unspecified atom stereocenters. The summed E-state index contributed by atoms with van der Waals surface area (Å²) in [6.07, 6.45) is 0. The maximum Gasteiger partial charge on any atom is 0.389 e. The molecular formula is C12H16O3Si. The van der Waals surface area contributed by atoms with Crippen molar-refractivity contribution < 1.29 is 13.6 Å². The van der Waals surface area contributed by atoms with Crippen molar-refractivity contribution in [1.29, 1.82) is 0 Å². The number of rotatable bonds is 5. The molecule has 0 bridgehead atoms. The molecule has 0 aliphatic rings. The number of carbonyl (C=O) groups is 1. The lowest BCUT2D eigenvalue weighted by Gasteiger charge is -2.14. The normalized spacial score (nSPS) is 11.9. The lowest BCUT2D eigenvalue weighted by atomic mass is 10.2. The minimum absolute atomic E-state index is 0.366. The van der Waals surface area contributed by atoms with Gasteiger partial charge >= 0.3 is 15.3 Å². The highest BCUT2D eigenvalue weighted by atomic mass is 28.3. The molecule has 0 fully saturated rings. The molecule has 0 heterocycles. The van der Waals surface area contributed by atoms with Gasteiger partial charge in [-0.05, 0) is 12.5 Å². The van der Waals surface area contributed by atoms with Crippen LogP contribution < -0.4 is 0 Å². The zero-order valence-electron chi connectivity index (χ0n) is 9.60. The molecule has 0 aliphatic heterocycles. The summed E-state index contributed by atoms with van der Waals surface area (Å²) in [5, 5.41) is 0. The molecule has 0 saturated carbocycles. The van der Waals surface area contributed by atoms with Crippen molar-refractivity contribution in [3.63, 3.8) is 0 Å². The minimum Gasteiger partial charge on any atom is -0.493 e. The monoisotopic (exact) mass is 236 g/mol. The first-order valence-electron chi connectivity index (χ1n) is 5.06. The molecule has 4 heteroatoms. The molecule has 0 aromatic heterocycles. The van der Waals surface area contributed by atoms with Crippen molar-refractivity contribution >= 4 is 15.3 Å². The molecule has 16 heavy (non-hydrogen) atoms. The van der Waals surface area contributed by atoms with E-state index in [2.05, 4.69) is 6.58 Å². The van der Waals surface area contributed by atoms with E-state index in [1.54, 1.807) is 14.0 Å². The van der Waals surface area contributed by atoms with E-state index in [4.69, 9.17) is 8.85 Å². The van der Waals surface area contributed by atoms with Gasteiger partial charge in [0.15, 0.2) is 0 Å². The summed E-state index contributed by atoms with van der Waals surface area (Å²) in [7, 11) is -0.389. The number of carbonyl (C=O) groups excluding carboxylic acids is 1. The summed E-state index contributed by atoms with van der Waals surface area (Å²) in [4.78, 5) is 11.3. The van der Waals surface area contributed by atoms with Crippen LogP contribution in [0.4, 0.5) is 0 Å². The van der Waals surface area contributed by atoms with Crippen molar-refractivity contribution in [2.45, 2.75) is 13.0 Å². The molecule has 1 atom stereocenters. The topological polar surface area (TPSA) is 35.5 Å². The molecule has 1 aromatic rings. The fraction of sp³-hybridized carbons (Fsp3) is 0.250. The predicted octanol–water partition coefficient (Wildman–Crippen LogP) is 1.75. The van der Waals surface area contributed by atoms with Crippen molar-refractivity contribution in [2.75, 3.05) is 7.11 Å². The highest BCUT2D eigenvalue weighted by Crippen LogP contribution is 2.05. The lowest BCUT2D eigenvalue weighted by Crippen LogP contribution is -2.28. The smallest absolute Gasteiger partial charge is 0.389 e. The van der Waals surface area contributed by atoms with Crippen LogP contribution in [0.1, 0.15) is 12.5 Å². The standard InChI is InChI=1S/C12H16O3Si/c1-10(2)12(13)15-16(14-3)9-11-7-5-4-6-8-11/h4-8,16H,1,9H2,2-3H3. The van der Waals surface area contributed by atoms with Crippen LogP contribution in [-0.2, 0) is 19.7 Å². The van der Waals surface area contributed by atoms with Gasteiger partial charge in [-0.15, -0.1) is 0 Å². The molecule has 1 aromatic carbocycles. The molecule has 3 nitrogen and oxygen atoms in total. The largest absolute Gasteiger partial charge is 0.493 e. The van der Waals surface area contributed by atoms with Crippen molar-refractivity contribution in [3.05, 3.63) is 48.0 Å². The quantitative estimate of drug-likeness (QED) is 0.577. The van der Waals surface area contributed by atoms with Crippen LogP contribution in [0.5, 0.6) is 0 Å². The molecule has 0 aliphatic carbocycles. The Kier molecular flexibility index (Phi) is 4.95. The van der Waals surface area contributed by atoms with Crippen molar-refractivity contribution in [2.24, 2.45) is 0 Å². The molecular weight excluding hydrogens is 220 g/mol. The summed E-state index contributed by atoms with van der Waals surface area (Å²) < 4.78 is 10.5. The second-order valence-electron chi connectivity index (χ2n) is 3.54. The first kappa shape index (κ1) is 12.7. The van der Waals surface area contributed by atoms with E-state index in [0.717, 1.165) is 5.56 Å². The average Bonchev–Trinajstić information content (AvgIpc) is 2.29. The molecule has 86 valence electrons. The van der Waals surface area contributed by atoms with E-state index in [1.165, 1.54) is 0 Å². The van der Waals surface area contributed by atoms with Crippen LogP contribution in [0.25, 0.3) is 0 Å². The summed E-state index contributed by atoms with van der Waals surface area (Å²) >= 11 is 0. The highest BCUT2D eigenvalue weighted by molar-refractivity contribution is 6.46. The Labute approximate surface area is 97.5 Å². The molecule has 0 N–H and O–H groups in total. The van der Waals surface area contributed by atoms with Gasteiger partial charge in [0.2, 0.25) is 0 Å². The second kappa shape index (κ2) is 6.25. The van der Waals surface area contributed by atoms with Crippen molar-refractivity contribution in [3.8, 4) is 0 Å². The maximum atomic E-state index is 11.3. The van der Waals surface area contributed by atoms with E-state index in [0.29, 0.717) is 11.6 Å². The Morgan fingerprint density at radius 2 is 2.00 bits per heavy atom. The third kappa shape index (κ3) is 4.00. The molecule has 0 amide bonds. The lowest BCUT2D eigenvalue weighted by molar-refractivity contribution is -0.131. The average molecular weight is 236 g/mol. The third-order valence-corrected chi connectivity index (χ3v) is 3.90. The fourth-order valence-electron chi connectivity index (χ4n) is 1.20. The Bertz CT molecular complexity index is 362. The Morgan fingerprint density at radius 3 is 2.50 bits per heavy atom. The van der Waals surface area contributed by atoms with E-state index in [1.807, 2.05) is 30.3 Å². The Morgan fingerprint density at radius 1 is 1.38 bits per heavy atom. The van der Waals surface area contributed by atoms with Crippen molar-refractivity contribution in [1.82, 2.24) is 0 Å². The second-order valence-corrected chi connectivity index (χ2v) is 5.52. The van der Waals surface area contributed by atoms with E-state index in [-0.39, 0.29) is 5.97 Å². The van der Waals surface area contributed by atoms with Gasteiger partial charge in [0.25, 0.3) is 0 Å². The van der Waals surface area contributed by atoms with E-state index in [9.17, 15) is 4.79 Å². The van der Waals surface area contributed by atoms with Gasteiger partial charge in [-0.2, -0.15) is 0 Å². The van der Waals surface area contributed by atoms with Gasteiger partial charge in [0.1, 0.15) is 0 Å². The fourth-order valence-corrected chi connectivity index (χ4v) is 2.64. The van der Waals surface area contributed by atoms with Crippen LogP contribution in [0.15, 0.2) is 42.5 Å². The van der Waals surface area contributed by atoms with E-state index < -0.39 is 9.28 Å². The van der Waals surface area contributed by atoms with Gasteiger partial charge < -0.3 is 8.85 Å². The molecule has 1 rings (SSSR count). The minimum atomic E-state index is -1.96. The van der Waals surface area contributed by atoms with Gasteiger partial charge in [-0.3, -0.25) is 0 Å². The summed E-state index contributed by atoms with van der Waals surface area (Å²) in [6.45, 7) is 5.17. The van der Waals surface area contributed by atoms with Crippen LogP contribution in [-0.4, -0.2) is 22.4 Å². The summed E-state index contributed by atoms with van der Waals surface area (Å²) in [5.74, 6) is -0.366.